The van der Waals surface area contributed by atoms with E-state index in [-0.39, 0.29) is 11.6 Å². The van der Waals surface area contributed by atoms with Crippen LogP contribution in [0.15, 0.2) is 48.5 Å². The fraction of sp³-hybridized carbons (Fsp3) is 0.188. The average Bonchev–Trinajstić information content (AvgIpc) is 2.46. The summed E-state index contributed by atoms with van der Waals surface area (Å²) in [7, 11) is 1.57. The van der Waals surface area contributed by atoms with Crippen LogP contribution in [0.1, 0.15) is 28.8 Å². The number of carbonyl (C=O) groups is 1. The second-order valence-electron chi connectivity index (χ2n) is 4.34. The van der Waals surface area contributed by atoms with Crippen molar-refractivity contribution in [3.63, 3.8) is 0 Å². The number of Topliss-reactive ketones (excluding diaryl/α,β-unsaturated/α-hetero) is 1. The predicted molar refractivity (Wildman–Crippen MR) is 72.1 cm³/mol. The van der Waals surface area contributed by atoms with Crippen molar-refractivity contribution < 1.29 is 13.9 Å². The maximum atomic E-state index is 13.7. The van der Waals surface area contributed by atoms with E-state index in [0.29, 0.717) is 16.9 Å². The van der Waals surface area contributed by atoms with Crippen LogP contribution in [0.5, 0.6) is 5.75 Å². The number of carbonyl (C=O) groups excluding carboxylic acids is 1. The number of ketones is 1. The molecular weight excluding hydrogens is 243 g/mol. The molecule has 0 fully saturated rings. The largest absolute Gasteiger partial charge is 0.497 e. The summed E-state index contributed by atoms with van der Waals surface area (Å²) in [5, 5.41) is 0. The van der Waals surface area contributed by atoms with E-state index in [9.17, 15) is 9.18 Å². The van der Waals surface area contributed by atoms with Crippen molar-refractivity contribution in [2.45, 2.75) is 12.8 Å². The van der Waals surface area contributed by atoms with E-state index in [2.05, 4.69) is 0 Å². The van der Waals surface area contributed by atoms with Gasteiger partial charge >= 0.3 is 0 Å². The van der Waals surface area contributed by atoms with Crippen molar-refractivity contribution in [1.29, 1.82) is 0 Å². The average molecular weight is 258 g/mol. The molecule has 98 valence electrons. The van der Waals surface area contributed by atoms with Gasteiger partial charge in [0.1, 0.15) is 11.6 Å². The van der Waals surface area contributed by atoms with Gasteiger partial charge in [-0.3, -0.25) is 4.79 Å². The number of hydrogen-bond donors (Lipinski definition) is 0. The molecule has 2 aromatic carbocycles. The number of rotatable bonds is 4. The lowest BCUT2D eigenvalue weighted by Crippen LogP contribution is -2.11. The van der Waals surface area contributed by atoms with Crippen LogP contribution in [0, 0.1) is 5.82 Å². The minimum Gasteiger partial charge on any atom is -0.497 e. The molecule has 1 atom stereocenters. The number of benzene rings is 2. The molecule has 0 aromatic heterocycles. The van der Waals surface area contributed by atoms with Crippen molar-refractivity contribution in [1.82, 2.24) is 0 Å². The molecule has 2 rings (SSSR count). The first-order valence-electron chi connectivity index (χ1n) is 6.06. The maximum absolute atomic E-state index is 13.7. The van der Waals surface area contributed by atoms with Crippen molar-refractivity contribution >= 4 is 5.78 Å². The van der Waals surface area contributed by atoms with E-state index in [0.717, 1.165) is 0 Å². The highest BCUT2D eigenvalue weighted by Crippen LogP contribution is 2.23. The summed E-state index contributed by atoms with van der Waals surface area (Å²) < 4.78 is 18.7. The Morgan fingerprint density at radius 1 is 1.11 bits per heavy atom. The Labute approximate surface area is 111 Å². The monoisotopic (exact) mass is 258 g/mol. The molecule has 0 radical (unpaired) electrons. The molecule has 0 heterocycles. The molecule has 0 saturated heterocycles. The predicted octanol–water partition coefficient (Wildman–Crippen LogP) is 3.82. The topological polar surface area (TPSA) is 26.3 Å². The smallest absolute Gasteiger partial charge is 0.170 e. The third-order valence-corrected chi connectivity index (χ3v) is 3.14. The van der Waals surface area contributed by atoms with Crippen LogP contribution >= 0.6 is 0 Å². The summed E-state index contributed by atoms with van der Waals surface area (Å²) in [6.07, 6.45) is 0. The molecule has 0 saturated carbocycles. The second-order valence-corrected chi connectivity index (χ2v) is 4.34. The molecule has 0 aliphatic rings. The molecular formula is C16H15FO2. The van der Waals surface area contributed by atoms with Crippen LogP contribution in [0.2, 0.25) is 0 Å². The molecule has 2 aromatic rings. The number of methoxy groups -OCH3 is 1. The zero-order valence-electron chi connectivity index (χ0n) is 10.9. The van der Waals surface area contributed by atoms with Gasteiger partial charge in [0.05, 0.1) is 7.11 Å². The van der Waals surface area contributed by atoms with Gasteiger partial charge in [-0.2, -0.15) is 0 Å². The van der Waals surface area contributed by atoms with E-state index >= 15 is 0 Å². The van der Waals surface area contributed by atoms with E-state index in [1.807, 2.05) is 0 Å². The quantitative estimate of drug-likeness (QED) is 0.779. The lowest BCUT2D eigenvalue weighted by molar-refractivity contribution is 0.0964. The van der Waals surface area contributed by atoms with Gasteiger partial charge in [0.25, 0.3) is 0 Å². The molecule has 19 heavy (non-hydrogen) atoms. The molecule has 0 bridgehead atoms. The van der Waals surface area contributed by atoms with E-state index < -0.39 is 5.92 Å². The van der Waals surface area contributed by atoms with Crippen molar-refractivity contribution in [2.24, 2.45) is 0 Å². The second kappa shape index (κ2) is 5.65. The molecule has 0 aliphatic carbocycles. The maximum Gasteiger partial charge on any atom is 0.170 e. The number of halogens is 1. The molecule has 0 aliphatic heterocycles. The third-order valence-electron chi connectivity index (χ3n) is 3.14. The van der Waals surface area contributed by atoms with Crippen molar-refractivity contribution in [3.05, 3.63) is 65.5 Å². The highest BCUT2D eigenvalue weighted by Gasteiger charge is 2.19. The van der Waals surface area contributed by atoms with Crippen molar-refractivity contribution in [3.8, 4) is 5.75 Å². The molecule has 3 heteroatoms. The van der Waals surface area contributed by atoms with Crippen molar-refractivity contribution in [2.75, 3.05) is 7.11 Å². The Hall–Kier alpha value is -2.16. The van der Waals surface area contributed by atoms with E-state index in [4.69, 9.17) is 4.74 Å². The Kier molecular flexibility index (Phi) is 3.95. The first-order valence-corrected chi connectivity index (χ1v) is 6.06. The van der Waals surface area contributed by atoms with Gasteiger partial charge in [0.2, 0.25) is 0 Å². The summed E-state index contributed by atoms with van der Waals surface area (Å²) in [6.45, 7) is 1.71. The first-order chi connectivity index (χ1) is 9.13. The van der Waals surface area contributed by atoms with Gasteiger partial charge in [-0.15, -0.1) is 0 Å². The summed E-state index contributed by atoms with van der Waals surface area (Å²) in [5.74, 6) is -0.269. The fourth-order valence-corrected chi connectivity index (χ4v) is 1.97. The van der Waals surface area contributed by atoms with Crippen LogP contribution < -0.4 is 4.74 Å². The van der Waals surface area contributed by atoms with E-state index in [1.54, 1.807) is 56.5 Å². The van der Waals surface area contributed by atoms with Gasteiger partial charge in [-0.05, 0) is 35.9 Å². The Bertz CT molecular complexity index is 576. The zero-order chi connectivity index (χ0) is 13.8. The molecule has 0 amide bonds. The molecule has 2 nitrogen and oxygen atoms in total. The number of ether oxygens (including phenoxy) is 1. The van der Waals surface area contributed by atoms with Crippen LogP contribution in [0.4, 0.5) is 4.39 Å². The van der Waals surface area contributed by atoms with Gasteiger partial charge < -0.3 is 4.74 Å². The highest BCUT2D eigenvalue weighted by molar-refractivity contribution is 6.00. The van der Waals surface area contributed by atoms with Gasteiger partial charge in [-0.1, -0.05) is 25.1 Å². The minimum absolute atomic E-state index is 0.104. The first kappa shape index (κ1) is 13.3. The Balaban J connectivity index is 2.26. The van der Waals surface area contributed by atoms with Crippen LogP contribution in [0.25, 0.3) is 0 Å². The Morgan fingerprint density at radius 3 is 2.32 bits per heavy atom. The van der Waals surface area contributed by atoms with Gasteiger partial charge in [0, 0.05) is 11.5 Å². The summed E-state index contributed by atoms with van der Waals surface area (Å²) in [6, 6.07) is 13.2. The molecule has 0 N–H and O–H groups in total. The molecule has 1 unspecified atom stereocenters. The summed E-state index contributed by atoms with van der Waals surface area (Å²) >= 11 is 0. The van der Waals surface area contributed by atoms with Crippen LogP contribution in [-0.2, 0) is 0 Å². The lowest BCUT2D eigenvalue weighted by Gasteiger charge is -2.12. The SMILES string of the molecule is COc1ccc(C(=O)C(C)c2ccccc2F)cc1. The summed E-state index contributed by atoms with van der Waals surface area (Å²) in [5.41, 5.74) is 0.972. The lowest BCUT2D eigenvalue weighted by atomic mass is 9.92. The minimum atomic E-state index is -0.505. The van der Waals surface area contributed by atoms with Crippen LogP contribution in [0.3, 0.4) is 0 Å². The van der Waals surface area contributed by atoms with Gasteiger partial charge in [-0.25, -0.2) is 4.39 Å². The highest BCUT2D eigenvalue weighted by atomic mass is 19.1. The van der Waals surface area contributed by atoms with Crippen LogP contribution in [-0.4, -0.2) is 12.9 Å². The molecule has 0 spiro atoms. The normalized spacial score (nSPS) is 11.9. The number of hydrogen-bond acceptors (Lipinski definition) is 2. The third kappa shape index (κ3) is 2.81. The fourth-order valence-electron chi connectivity index (χ4n) is 1.97. The summed E-state index contributed by atoms with van der Waals surface area (Å²) in [4.78, 5) is 12.3. The zero-order valence-corrected chi connectivity index (χ0v) is 10.9. The Morgan fingerprint density at radius 2 is 1.74 bits per heavy atom. The van der Waals surface area contributed by atoms with Gasteiger partial charge in [0.15, 0.2) is 5.78 Å². The standard InChI is InChI=1S/C16H15FO2/c1-11(14-5-3-4-6-15(14)17)16(18)12-7-9-13(19-2)10-8-12/h3-11H,1-2H3. The van der Waals surface area contributed by atoms with E-state index in [1.165, 1.54) is 6.07 Å².